The summed E-state index contributed by atoms with van der Waals surface area (Å²) in [5.74, 6) is 0. The Labute approximate surface area is 140 Å². The number of unbranched alkanes of at least 4 members (excludes halogenated alkanes) is 1. The third-order valence-corrected chi connectivity index (χ3v) is 2.25. The molecule has 0 aliphatic carbocycles. The third-order valence-electron chi connectivity index (χ3n) is 1.72. The Kier molecular flexibility index (Phi) is 17.5. The van der Waals surface area contributed by atoms with Crippen molar-refractivity contribution in [2.24, 2.45) is 0 Å². The van der Waals surface area contributed by atoms with E-state index in [0.717, 1.165) is 6.42 Å². The van der Waals surface area contributed by atoms with Crippen molar-refractivity contribution in [3.63, 3.8) is 0 Å². The van der Waals surface area contributed by atoms with Crippen molar-refractivity contribution >= 4 is 7.82 Å². The van der Waals surface area contributed by atoms with E-state index in [1.807, 2.05) is 6.92 Å². The van der Waals surface area contributed by atoms with Gasteiger partial charge in [-0.3, -0.25) is 0 Å². The second-order valence-corrected chi connectivity index (χ2v) is 4.09. The van der Waals surface area contributed by atoms with E-state index >= 15 is 0 Å². The van der Waals surface area contributed by atoms with Crippen molar-refractivity contribution in [1.82, 2.24) is 0 Å². The van der Waals surface area contributed by atoms with Crippen LogP contribution in [0, 0.1) is 0 Å². The van der Waals surface area contributed by atoms with Crippen molar-refractivity contribution in [2.45, 2.75) is 38.4 Å². The van der Waals surface area contributed by atoms with Crippen LogP contribution in [0.5, 0.6) is 0 Å². The molecule has 0 bridgehead atoms. The maximum atomic E-state index is 10.3. The Hall–Kier alpha value is 2.03. The van der Waals surface area contributed by atoms with Crippen LogP contribution in [-0.2, 0) is 9.09 Å². The first kappa shape index (κ1) is 23.1. The second kappa shape index (κ2) is 12.1. The number of phosphoric acid groups is 1. The molecule has 2 unspecified atom stereocenters. The number of phosphoric ester groups is 1. The molecule has 0 amide bonds. The molecule has 0 aromatic rings. The monoisotopic (exact) mass is 272 g/mol. The van der Waals surface area contributed by atoms with Crippen LogP contribution >= 0.6 is 7.82 Å². The fraction of sp³-hybridized carbons (Fsp3) is 1.00. The van der Waals surface area contributed by atoms with Crippen LogP contribution in [0.3, 0.4) is 0 Å². The summed E-state index contributed by atoms with van der Waals surface area (Å²) in [7, 11) is -5.10. The molecule has 0 aromatic heterocycles. The maximum Gasteiger partial charge on any atom is 1.00 e. The van der Waals surface area contributed by atoms with Crippen LogP contribution in [-0.4, -0.2) is 29.0 Å². The van der Waals surface area contributed by atoms with E-state index in [2.05, 4.69) is 4.52 Å². The molecule has 2 N–H and O–H groups in total. The molecule has 6 nitrogen and oxygen atoms in total. The largest absolute Gasteiger partial charge is 1.00 e. The van der Waals surface area contributed by atoms with Crippen LogP contribution in [0.25, 0.3) is 0 Å². The second-order valence-electron chi connectivity index (χ2n) is 2.98. The first-order valence-electron chi connectivity index (χ1n) is 4.40. The summed E-state index contributed by atoms with van der Waals surface area (Å²) in [5.41, 5.74) is 0. The summed E-state index contributed by atoms with van der Waals surface area (Å²) < 4.78 is 14.4. The van der Waals surface area contributed by atoms with Crippen LogP contribution in [0.1, 0.15) is 26.2 Å². The normalized spacial score (nSPS) is 14.6. The van der Waals surface area contributed by atoms with Crippen LogP contribution < -0.4 is 68.9 Å². The minimum absolute atomic E-state index is 0. The summed E-state index contributed by atoms with van der Waals surface area (Å²) >= 11 is 0. The zero-order chi connectivity index (χ0) is 11.2. The van der Waals surface area contributed by atoms with Crippen LogP contribution in [0.2, 0.25) is 0 Å². The van der Waals surface area contributed by atoms with Crippen molar-refractivity contribution in [3.8, 4) is 0 Å². The first-order valence-corrected chi connectivity index (χ1v) is 5.86. The SMILES string of the molecule is CCCCC(OP(=O)([O-])[O-])C(O)CO.[Na+].[Na+]. The molecule has 16 heavy (non-hydrogen) atoms. The van der Waals surface area contributed by atoms with Crippen LogP contribution in [0.4, 0.5) is 0 Å². The van der Waals surface area contributed by atoms with Gasteiger partial charge in [-0.1, -0.05) is 19.8 Å². The third kappa shape index (κ3) is 12.5. The molecule has 0 aromatic carbocycles. The van der Waals surface area contributed by atoms with E-state index in [4.69, 9.17) is 10.2 Å². The summed E-state index contributed by atoms with van der Waals surface area (Å²) in [5, 5.41) is 17.7. The summed E-state index contributed by atoms with van der Waals surface area (Å²) in [6.45, 7) is 1.24. The standard InChI is InChI=1S/C7H17O6P.2Na/c1-2-3-4-7(6(9)5-8)13-14(10,11)12;;/h6-9H,2-5H2,1H3,(H2,10,11,12);;/q;2*+1/p-2. The molecule has 0 fully saturated rings. The van der Waals surface area contributed by atoms with Gasteiger partial charge in [0.1, 0.15) is 6.10 Å². The molecule has 0 saturated heterocycles. The number of hydrogen-bond acceptors (Lipinski definition) is 6. The minimum atomic E-state index is -5.10. The zero-order valence-corrected chi connectivity index (χ0v) is 14.9. The Morgan fingerprint density at radius 3 is 2.19 bits per heavy atom. The quantitative estimate of drug-likeness (QED) is 0.352. The Morgan fingerprint density at radius 1 is 1.38 bits per heavy atom. The van der Waals surface area contributed by atoms with Crippen molar-refractivity contribution < 1.29 is 88.2 Å². The first-order chi connectivity index (χ1) is 6.40. The molecule has 0 heterocycles. The fourth-order valence-electron chi connectivity index (χ4n) is 1.00. The number of hydrogen-bond donors (Lipinski definition) is 2. The fourth-order valence-corrected chi connectivity index (χ4v) is 1.58. The number of aliphatic hydroxyl groups excluding tert-OH is 2. The molecule has 0 spiro atoms. The zero-order valence-electron chi connectivity index (χ0n) is 9.96. The van der Waals surface area contributed by atoms with Gasteiger partial charge in [-0.25, -0.2) is 0 Å². The average Bonchev–Trinajstić information content (AvgIpc) is 2.09. The summed E-state index contributed by atoms with van der Waals surface area (Å²) in [4.78, 5) is 20.6. The molecule has 2 atom stereocenters. The van der Waals surface area contributed by atoms with Gasteiger partial charge in [0, 0.05) is 0 Å². The summed E-state index contributed by atoms with van der Waals surface area (Å²) in [6.07, 6.45) is -0.854. The Morgan fingerprint density at radius 2 is 1.88 bits per heavy atom. The van der Waals surface area contributed by atoms with E-state index in [1.54, 1.807) is 0 Å². The minimum Gasteiger partial charge on any atom is -0.790 e. The molecule has 0 saturated carbocycles. The smallest absolute Gasteiger partial charge is 0.790 e. The van der Waals surface area contributed by atoms with E-state index < -0.39 is 26.6 Å². The number of aliphatic hydroxyl groups is 2. The topological polar surface area (TPSA) is 113 Å². The van der Waals surface area contributed by atoms with Crippen molar-refractivity contribution in [3.05, 3.63) is 0 Å². The van der Waals surface area contributed by atoms with Crippen LogP contribution in [0.15, 0.2) is 0 Å². The molecule has 0 aliphatic heterocycles. The molecule has 0 rings (SSSR count). The van der Waals surface area contributed by atoms with Crippen molar-refractivity contribution in [1.29, 1.82) is 0 Å². The maximum absolute atomic E-state index is 10.3. The van der Waals surface area contributed by atoms with E-state index in [1.165, 1.54) is 0 Å². The molecule has 86 valence electrons. The molecular weight excluding hydrogens is 257 g/mol. The van der Waals surface area contributed by atoms with Gasteiger partial charge in [0.2, 0.25) is 0 Å². The summed E-state index contributed by atoms with van der Waals surface area (Å²) in [6, 6.07) is 0. The Balaban J connectivity index is -0.000000845. The van der Waals surface area contributed by atoms with Gasteiger partial charge < -0.3 is 29.1 Å². The predicted molar refractivity (Wildman–Crippen MR) is 45.1 cm³/mol. The van der Waals surface area contributed by atoms with Gasteiger partial charge in [0.15, 0.2) is 0 Å². The number of rotatable bonds is 7. The van der Waals surface area contributed by atoms with Crippen molar-refractivity contribution in [2.75, 3.05) is 6.61 Å². The van der Waals surface area contributed by atoms with Gasteiger partial charge in [-0.2, -0.15) is 0 Å². The molecule has 0 aliphatic rings. The predicted octanol–water partition coefficient (Wildman–Crippen LogP) is -7.25. The Bertz CT molecular complexity index is 199. The van der Waals surface area contributed by atoms with Gasteiger partial charge in [-0.15, -0.1) is 0 Å². The molecular formula is C7H15Na2O6P. The van der Waals surface area contributed by atoms with Gasteiger partial charge >= 0.3 is 59.1 Å². The van der Waals surface area contributed by atoms with E-state index in [-0.39, 0.29) is 65.5 Å². The van der Waals surface area contributed by atoms with E-state index in [0.29, 0.717) is 6.42 Å². The van der Waals surface area contributed by atoms with E-state index in [9.17, 15) is 14.4 Å². The molecule has 0 radical (unpaired) electrons. The van der Waals surface area contributed by atoms with Gasteiger partial charge in [0.25, 0.3) is 0 Å². The van der Waals surface area contributed by atoms with Gasteiger partial charge in [-0.05, 0) is 6.42 Å². The average molecular weight is 272 g/mol. The van der Waals surface area contributed by atoms with Gasteiger partial charge in [0.05, 0.1) is 20.5 Å². The molecule has 9 heteroatoms.